The maximum absolute atomic E-state index is 11.7. The van der Waals surface area contributed by atoms with E-state index in [1.807, 2.05) is 24.3 Å². The van der Waals surface area contributed by atoms with E-state index >= 15 is 0 Å². The van der Waals surface area contributed by atoms with Crippen molar-refractivity contribution in [3.05, 3.63) is 34.3 Å². The first-order chi connectivity index (χ1) is 7.63. The van der Waals surface area contributed by atoms with Gasteiger partial charge in [0.25, 0.3) is 0 Å². The molecule has 0 heterocycles. The van der Waals surface area contributed by atoms with Crippen molar-refractivity contribution < 1.29 is 14.6 Å². The second-order valence-electron chi connectivity index (χ2n) is 3.51. The highest BCUT2D eigenvalue weighted by Gasteiger charge is 2.13. The van der Waals surface area contributed by atoms with Crippen molar-refractivity contribution in [3.8, 4) is 0 Å². The number of aliphatic hydroxyl groups excluding tert-OH is 1. The Morgan fingerprint density at radius 3 is 2.62 bits per heavy atom. The molecule has 1 atom stereocenters. The predicted octanol–water partition coefficient (Wildman–Crippen LogP) is 1.96. The summed E-state index contributed by atoms with van der Waals surface area (Å²) in [6.45, 7) is 1.85. The van der Waals surface area contributed by atoms with Crippen LogP contribution in [-0.2, 0) is 16.0 Å². The SMILES string of the molecule is CC(OCCO)C(=O)Cc1ccc(Br)cc1. The second kappa shape index (κ2) is 6.78. The standard InChI is InChI=1S/C12H15BrO3/c1-9(16-7-6-14)12(15)8-10-2-4-11(13)5-3-10/h2-5,9,14H,6-8H2,1H3. The van der Waals surface area contributed by atoms with Crippen molar-refractivity contribution in [2.24, 2.45) is 0 Å². The van der Waals surface area contributed by atoms with Gasteiger partial charge in [-0.25, -0.2) is 0 Å². The number of carbonyl (C=O) groups is 1. The van der Waals surface area contributed by atoms with Crippen LogP contribution < -0.4 is 0 Å². The normalized spacial score (nSPS) is 12.4. The summed E-state index contributed by atoms with van der Waals surface area (Å²) in [5.41, 5.74) is 0.965. The van der Waals surface area contributed by atoms with E-state index < -0.39 is 6.10 Å². The molecule has 0 saturated heterocycles. The molecule has 1 aromatic carbocycles. The first-order valence-electron chi connectivity index (χ1n) is 5.13. The number of benzene rings is 1. The highest BCUT2D eigenvalue weighted by Crippen LogP contribution is 2.11. The van der Waals surface area contributed by atoms with Crippen LogP contribution in [0.3, 0.4) is 0 Å². The van der Waals surface area contributed by atoms with Crippen molar-refractivity contribution in [2.45, 2.75) is 19.4 Å². The third-order valence-electron chi connectivity index (χ3n) is 2.20. The summed E-state index contributed by atoms with van der Waals surface area (Å²) in [6.07, 6.45) is -0.101. The molecule has 0 aliphatic heterocycles. The number of aliphatic hydroxyl groups is 1. The summed E-state index contributed by atoms with van der Waals surface area (Å²) in [4.78, 5) is 11.7. The van der Waals surface area contributed by atoms with Gasteiger partial charge in [0.2, 0.25) is 0 Å². The molecule has 1 aromatic rings. The molecular weight excluding hydrogens is 272 g/mol. The van der Waals surface area contributed by atoms with Crippen molar-refractivity contribution in [1.82, 2.24) is 0 Å². The molecule has 1 unspecified atom stereocenters. The maximum Gasteiger partial charge on any atom is 0.165 e. The van der Waals surface area contributed by atoms with Gasteiger partial charge in [0.15, 0.2) is 5.78 Å². The van der Waals surface area contributed by atoms with E-state index in [0.29, 0.717) is 6.42 Å². The first-order valence-corrected chi connectivity index (χ1v) is 5.92. The van der Waals surface area contributed by atoms with Gasteiger partial charge in [-0.05, 0) is 24.6 Å². The molecular formula is C12H15BrO3. The monoisotopic (exact) mass is 286 g/mol. The van der Waals surface area contributed by atoms with Gasteiger partial charge in [-0.2, -0.15) is 0 Å². The summed E-state index contributed by atoms with van der Waals surface area (Å²) in [5.74, 6) is 0.0239. The predicted molar refractivity (Wildman–Crippen MR) is 65.4 cm³/mol. The Kier molecular flexibility index (Phi) is 5.66. The zero-order valence-corrected chi connectivity index (χ0v) is 10.7. The van der Waals surface area contributed by atoms with Crippen molar-refractivity contribution >= 4 is 21.7 Å². The smallest absolute Gasteiger partial charge is 0.165 e. The minimum atomic E-state index is -0.462. The number of hydrogen-bond donors (Lipinski definition) is 1. The Bertz CT molecular complexity index is 335. The van der Waals surface area contributed by atoms with Gasteiger partial charge in [-0.15, -0.1) is 0 Å². The molecule has 0 spiro atoms. The third-order valence-corrected chi connectivity index (χ3v) is 2.73. The molecule has 4 heteroatoms. The van der Waals surface area contributed by atoms with Gasteiger partial charge in [0.05, 0.1) is 13.2 Å². The van der Waals surface area contributed by atoms with Gasteiger partial charge >= 0.3 is 0 Å². The van der Waals surface area contributed by atoms with Crippen LogP contribution >= 0.6 is 15.9 Å². The van der Waals surface area contributed by atoms with Gasteiger partial charge in [-0.1, -0.05) is 28.1 Å². The van der Waals surface area contributed by atoms with Crippen LogP contribution in [0.4, 0.5) is 0 Å². The quantitative estimate of drug-likeness (QED) is 0.870. The van der Waals surface area contributed by atoms with Crippen LogP contribution in [0.5, 0.6) is 0 Å². The molecule has 1 N–H and O–H groups in total. The van der Waals surface area contributed by atoms with E-state index in [-0.39, 0.29) is 19.0 Å². The Balaban J connectivity index is 2.47. The van der Waals surface area contributed by atoms with Gasteiger partial charge in [0.1, 0.15) is 6.10 Å². The lowest BCUT2D eigenvalue weighted by atomic mass is 10.1. The molecule has 0 saturated carbocycles. The molecule has 0 aliphatic carbocycles. The number of halogens is 1. The Hall–Kier alpha value is -0.710. The zero-order valence-electron chi connectivity index (χ0n) is 9.15. The Morgan fingerprint density at radius 2 is 2.06 bits per heavy atom. The second-order valence-corrected chi connectivity index (χ2v) is 4.42. The lowest BCUT2D eigenvalue weighted by Crippen LogP contribution is -2.23. The van der Waals surface area contributed by atoms with E-state index in [2.05, 4.69) is 15.9 Å². The number of Topliss-reactive ketones (excluding diaryl/α,β-unsaturated/α-hetero) is 1. The molecule has 16 heavy (non-hydrogen) atoms. The molecule has 0 amide bonds. The number of carbonyl (C=O) groups excluding carboxylic acids is 1. The van der Waals surface area contributed by atoms with Gasteiger partial charge < -0.3 is 9.84 Å². The fraction of sp³-hybridized carbons (Fsp3) is 0.417. The topological polar surface area (TPSA) is 46.5 Å². The third kappa shape index (κ3) is 4.43. The lowest BCUT2D eigenvalue weighted by molar-refractivity contribution is -0.129. The van der Waals surface area contributed by atoms with Crippen LogP contribution in [0, 0.1) is 0 Å². The molecule has 0 bridgehead atoms. The molecule has 3 nitrogen and oxygen atoms in total. The van der Waals surface area contributed by atoms with Gasteiger partial charge in [-0.3, -0.25) is 4.79 Å². The summed E-state index contributed by atoms with van der Waals surface area (Å²) < 4.78 is 6.13. The summed E-state index contributed by atoms with van der Waals surface area (Å²) >= 11 is 3.34. The van der Waals surface area contributed by atoms with Gasteiger partial charge in [0, 0.05) is 10.9 Å². The van der Waals surface area contributed by atoms with Crippen LogP contribution in [-0.4, -0.2) is 30.2 Å². The molecule has 0 aliphatic rings. The number of ketones is 1. The first kappa shape index (κ1) is 13.4. The zero-order chi connectivity index (χ0) is 12.0. The Morgan fingerprint density at radius 1 is 1.44 bits per heavy atom. The van der Waals surface area contributed by atoms with Crippen molar-refractivity contribution in [1.29, 1.82) is 0 Å². The van der Waals surface area contributed by atoms with Crippen LogP contribution in [0.2, 0.25) is 0 Å². The lowest BCUT2D eigenvalue weighted by Gasteiger charge is -2.10. The maximum atomic E-state index is 11.7. The number of hydrogen-bond acceptors (Lipinski definition) is 3. The van der Waals surface area contributed by atoms with Crippen LogP contribution in [0.1, 0.15) is 12.5 Å². The van der Waals surface area contributed by atoms with Crippen molar-refractivity contribution in [3.63, 3.8) is 0 Å². The highest BCUT2D eigenvalue weighted by molar-refractivity contribution is 9.10. The fourth-order valence-corrected chi connectivity index (χ4v) is 1.53. The Labute approximate surface area is 104 Å². The van der Waals surface area contributed by atoms with Crippen LogP contribution in [0.15, 0.2) is 28.7 Å². The molecule has 0 fully saturated rings. The minimum absolute atomic E-state index is 0.0239. The summed E-state index contributed by atoms with van der Waals surface area (Å²) in [6, 6.07) is 7.62. The molecule has 88 valence electrons. The van der Waals surface area contributed by atoms with E-state index in [0.717, 1.165) is 10.0 Å². The van der Waals surface area contributed by atoms with Crippen LogP contribution in [0.25, 0.3) is 0 Å². The fourth-order valence-electron chi connectivity index (χ4n) is 1.27. The minimum Gasteiger partial charge on any atom is -0.394 e. The summed E-state index contributed by atoms with van der Waals surface area (Å²) in [5, 5.41) is 8.58. The highest BCUT2D eigenvalue weighted by atomic mass is 79.9. The van der Waals surface area contributed by atoms with E-state index in [1.165, 1.54) is 0 Å². The average Bonchev–Trinajstić information content (AvgIpc) is 2.29. The molecule has 0 radical (unpaired) electrons. The summed E-state index contributed by atoms with van der Waals surface area (Å²) in [7, 11) is 0. The largest absolute Gasteiger partial charge is 0.394 e. The molecule has 1 rings (SSSR count). The number of ether oxygens (including phenoxy) is 1. The van der Waals surface area contributed by atoms with E-state index in [4.69, 9.17) is 9.84 Å². The average molecular weight is 287 g/mol. The molecule has 0 aromatic heterocycles. The van der Waals surface area contributed by atoms with Crippen molar-refractivity contribution in [2.75, 3.05) is 13.2 Å². The van der Waals surface area contributed by atoms with E-state index in [1.54, 1.807) is 6.92 Å². The number of rotatable bonds is 6. The van der Waals surface area contributed by atoms with E-state index in [9.17, 15) is 4.79 Å².